The van der Waals surface area contributed by atoms with Crippen LogP contribution in [-0.4, -0.2) is 27.9 Å². The van der Waals surface area contributed by atoms with E-state index in [1.165, 1.54) is 16.6 Å². The predicted octanol–water partition coefficient (Wildman–Crippen LogP) is 2.51. The van der Waals surface area contributed by atoms with Crippen LogP contribution in [0.2, 0.25) is 5.32 Å². The first-order valence-corrected chi connectivity index (χ1v) is 8.85. The van der Waals surface area contributed by atoms with E-state index in [1.807, 2.05) is 25.1 Å². The average molecular weight is 348 g/mol. The summed E-state index contributed by atoms with van der Waals surface area (Å²) in [5.74, 6) is -0.226. The molecule has 3 rings (SSSR count). The van der Waals surface area contributed by atoms with E-state index in [4.69, 9.17) is 0 Å². The third-order valence-corrected chi connectivity index (χ3v) is 6.75. The molecule has 1 atom stereocenters. The third-order valence-electron chi connectivity index (χ3n) is 3.96. The molecule has 108 valence electrons. The second kappa shape index (κ2) is 5.28. The number of benzene rings is 2. The predicted molar refractivity (Wildman–Crippen MR) is 83.8 cm³/mol. The molecule has 4 heteroatoms. The Balaban J connectivity index is 1.93. The molecule has 0 saturated heterocycles. The normalized spacial score (nSPS) is 20.7. The van der Waals surface area contributed by atoms with Crippen molar-refractivity contribution in [3.8, 4) is 0 Å². The minimum atomic E-state index is -0.623. The fraction of sp³-hybridized carbons (Fsp3) is 0.235. The number of anilines is 1. The molecule has 2 aromatic carbocycles. The van der Waals surface area contributed by atoms with Gasteiger partial charge in [-0.2, -0.15) is 0 Å². The molecule has 2 aromatic rings. The Morgan fingerprint density at radius 3 is 2.62 bits per heavy atom. The molecule has 0 N–H and O–H groups in total. The van der Waals surface area contributed by atoms with Gasteiger partial charge in [0.25, 0.3) is 0 Å². The van der Waals surface area contributed by atoms with E-state index >= 15 is 0 Å². The zero-order chi connectivity index (χ0) is 15.0. The topological polar surface area (TPSA) is 20.3 Å². The van der Waals surface area contributed by atoms with Crippen molar-refractivity contribution in [3.05, 3.63) is 59.9 Å². The van der Waals surface area contributed by atoms with Crippen LogP contribution in [-0.2, 0) is 10.2 Å². The van der Waals surface area contributed by atoms with Crippen LogP contribution in [0.15, 0.2) is 48.5 Å². The van der Waals surface area contributed by atoms with Crippen LogP contribution in [0.3, 0.4) is 0 Å². The van der Waals surface area contributed by atoms with Crippen molar-refractivity contribution in [3.63, 3.8) is 0 Å². The molecule has 0 unspecified atom stereocenters. The quantitative estimate of drug-likeness (QED) is 0.781. The first-order valence-electron chi connectivity index (χ1n) is 6.78. The van der Waals surface area contributed by atoms with Crippen molar-refractivity contribution in [2.45, 2.75) is 17.7 Å². The number of carbonyl (C=O) groups excluding carboxylic acids is 1. The summed E-state index contributed by atoms with van der Waals surface area (Å²) in [6.07, 6.45) is 0. The van der Waals surface area contributed by atoms with E-state index in [1.54, 1.807) is 18.0 Å². The van der Waals surface area contributed by atoms with Crippen LogP contribution in [0, 0.1) is 5.82 Å². The number of fused-ring (bicyclic) bond motifs is 1. The molecule has 1 aliphatic heterocycles. The van der Waals surface area contributed by atoms with Crippen molar-refractivity contribution in [1.29, 1.82) is 0 Å². The third kappa shape index (κ3) is 2.39. The molecule has 0 spiro atoms. The standard InChI is InChI=1S/C17H16FNOSe/c1-17(11-21-13-6-4-3-5-7-13)14-10-12(18)8-9-15(14)19(2)16(17)20/h3-10H,11H2,1-2H3/t17-/m0/s1. The SMILES string of the molecule is CN1C(=O)[C@@](C)(C[Se]c2ccccc2)c2cc(F)ccc21. The number of amides is 1. The summed E-state index contributed by atoms with van der Waals surface area (Å²) in [7, 11) is 1.76. The molecule has 0 bridgehead atoms. The Hall–Kier alpha value is -1.64. The van der Waals surface area contributed by atoms with Crippen molar-refractivity contribution >= 4 is 31.0 Å². The van der Waals surface area contributed by atoms with Crippen molar-refractivity contribution in [1.82, 2.24) is 0 Å². The average Bonchev–Trinajstić information content (AvgIpc) is 2.69. The number of hydrogen-bond acceptors (Lipinski definition) is 1. The number of likely N-dealkylation sites (N-methyl/N-ethyl adjacent to an activating group) is 1. The van der Waals surface area contributed by atoms with E-state index in [0.29, 0.717) is 0 Å². The zero-order valence-electron chi connectivity index (χ0n) is 12.0. The van der Waals surface area contributed by atoms with Crippen LogP contribution in [0.4, 0.5) is 10.1 Å². The number of rotatable bonds is 3. The van der Waals surface area contributed by atoms with Crippen LogP contribution < -0.4 is 9.36 Å². The van der Waals surface area contributed by atoms with Crippen molar-refractivity contribution in [2.75, 3.05) is 11.9 Å². The van der Waals surface area contributed by atoms with Gasteiger partial charge >= 0.3 is 130 Å². The summed E-state index contributed by atoms with van der Waals surface area (Å²) in [4.78, 5) is 14.3. The van der Waals surface area contributed by atoms with Gasteiger partial charge in [0.05, 0.1) is 0 Å². The van der Waals surface area contributed by atoms with Gasteiger partial charge in [-0.3, -0.25) is 0 Å². The van der Waals surface area contributed by atoms with Gasteiger partial charge in [-0.15, -0.1) is 0 Å². The monoisotopic (exact) mass is 349 g/mol. The Kier molecular flexibility index (Phi) is 3.60. The van der Waals surface area contributed by atoms with Crippen molar-refractivity contribution in [2.24, 2.45) is 0 Å². The van der Waals surface area contributed by atoms with Gasteiger partial charge in [0.2, 0.25) is 0 Å². The van der Waals surface area contributed by atoms with Crippen molar-refractivity contribution < 1.29 is 9.18 Å². The Morgan fingerprint density at radius 2 is 1.90 bits per heavy atom. The fourth-order valence-corrected chi connectivity index (χ4v) is 5.00. The van der Waals surface area contributed by atoms with E-state index < -0.39 is 5.41 Å². The molecule has 2 nitrogen and oxygen atoms in total. The van der Waals surface area contributed by atoms with E-state index in [-0.39, 0.29) is 26.7 Å². The van der Waals surface area contributed by atoms with E-state index in [0.717, 1.165) is 16.6 Å². The second-order valence-electron chi connectivity index (χ2n) is 5.46. The molecule has 1 heterocycles. The second-order valence-corrected chi connectivity index (χ2v) is 7.66. The molecule has 0 fully saturated rings. The van der Waals surface area contributed by atoms with E-state index in [2.05, 4.69) is 12.1 Å². The van der Waals surface area contributed by atoms with Crippen LogP contribution >= 0.6 is 0 Å². The summed E-state index contributed by atoms with van der Waals surface area (Å²) in [6, 6.07) is 14.8. The summed E-state index contributed by atoms with van der Waals surface area (Å²) in [5.41, 5.74) is 1.02. The van der Waals surface area contributed by atoms with Crippen LogP contribution in [0.25, 0.3) is 0 Å². The first kappa shape index (κ1) is 14.3. The number of hydrogen-bond donors (Lipinski definition) is 0. The minimum absolute atomic E-state index is 0.0564. The Bertz CT molecular complexity index is 688. The van der Waals surface area contributed by atoms with Gasteiger partial charge in [-0.1, -0.05) is 0 Å². The van der Waals surface area contributed by atoms with Gasteiger partial charge in [0.1, 0.15) is 0 Å². The molecule has 0 aliphatic carbocycles. The molecular formula is C17H16FNOSe. The van der Waals surface area contributed by atoms with Crippen LogP contribution in [0.5, 0.6) is 0 Å². The van der Waals surface area contributed by atoms with E-state index in [9.17, 15) is 9.18 Å². The molecule has 21 heavy (non-hydrogen) atoms. The molecule has 0 aromatic heterocycles. The fourth-order valence-electron chi connectivity index (χ4n) is 2.72. The van der Waals surface area contributed by atoms with Gasteiger partial charge in [-0.25, -0.2) is 0 Å². The summed E-state index contributed by atoms with van der Waals surface area (Å²) >= 11 is 0.181. The zero-order valence-corrected chi connectivity index (χ0v) is 13.7. The van der Waals surface area contributed by atoms with Crippen LogP contribution in [0.1, 0.15) is 12.5 Å². The Morgan fingerprint density at radius 1 is 1.19 bits per heavy atom. The molecule has 1 amide bonds. The molecule has 1 aliphatic rings. The number of carbonyl (C=O) groups is 1. The van der Waals surface area contributed by atoms with Gasteiger partial charge in [0.15, 0.2) is 0 Å². The molecular weight excluding hydrogens is 332 g/mol. The maximum absolute atomic E-state index is 13.6. The van der Waals surface area contributed by atoms with Gasteiger partial charge < -0.3 is 0 Å². The number of nitrogens with zero attached hydrogens (tertiary/aromatic N) is 1. The van der Waals surface area contributed by atoms with Gasteiger partial charge in [-0.05, 0) is 0 Å². The van der Waals surface area contributed by atoms with Gasteiger partial charge in [0, 0.05) is 0 Å². The summed E-state index contributed by atoms with van der Waals surface area (Å²) < 4.78 is 14.9. The first-order chi connectivity index (χ1) is 10.0. The summed E-state index contributed by atoms with van der Waals surface area (Å²) in [5, 5.41) is 0.740. The Labute approximate surface area is 130 Å². The molecule has 0 radical (unpaired) electrons. The number of halogens is 1. The maximum atomic E-state index is 13.6. The summed E-state index contributed by atoms with van der Waals surface area (Å²) in [6.45, 7) is 1.93. The molecule has 0 saturated carbocycles.